The van der Waals surface area contributed by atoms with Crippen molar-refractivity contribution < 1.29 is 14.1 Å². The molecule has 0 atom stereocenters. The zero-order valence-electron chi connectivity index (χ0n) is 14.7. The van der Waals surface area contributed by atoms with Crippen LogP contribution in [0.5, 0.6) is 6.01 Å². The molecule has 1 aliphatic heterocycles. The Labute approximate surface area is 145 Å². The first kappa shape index (κ1) is 17.1. The number of nitrogens with zero attached hydrogens (tertiary/aromatic N) is 5. The molecule has 9 nitrogen and oxygen atoms in total. The third-order valence-corrected chi connectivity index (χ3v) is 4.18. The highest BCUT2D eigenvalue weighted by Gasteiger charge is 2.18. The number of hydrogen-bond donors (Lipinski definition) is 1. The Balaban J connectivity index is 1.65. The maximum atomic E-state index is 12.2. The number of rotatable bonds is 6. The molecule has 1 aliphatic rings. The van der Waals surface area contributed by atoms with Crippen molar-refractivity contribution >= 4 is 11.9 Å². The Bertz CT molecular complexity index is 735. The normalized spacial score (nSPS) is 14.0. The first-order chi connectivity index (χ1) is 12.1. The molecule has 0 unspecified atom stereocenters. The maximum Gasteiger partial charge on any atom is 0.321 e. The first-order valence-electron chi connectivity index (χ1n) is 8.29. The highest BCUT2D eigenvalue weighted by atomic mass is 16.5. The fourth-order valence-electron chi connectivity index (χ4n) is 2.77. The van der Waals surface area contributed by atoms with E-state index < -0.39 is 0 Å². The summed E-state index contributed by atoms with van der Waals surface area (Å²) in [6, 6.07) is 0.256. The van der Waals surface area contributed by atoms with Crippen molar-refractivity contribution in [1.82, 2.24) is 25.4 Å². The van der Waals surface area contributed by atoms with Crippen LogP contribution < -0.4 is 15.0 Å². The van der Waals surface area contributed by atoms with Crippen molar-refractivity contribution in [3.8, 4) is 6.01 Å². The van der Waals surface area contributed by atoms with Crippen molar-refractivity contribution in [2.24, 2.45) is 0 Å². The molecule has 1 fully saturated rings. The first-order valence-corrected chi connectivity index (χ1v) is 8.29. The molecule has 0 bridgehead atoms. The Morgan fingerprint density at radius 3 is 2.64 bits per heavy atom. The van der Waals surface area contributed by atoms with Gasteiger partial charge in [-0.15, -0.1) is 0 Å². The van der Waals surface area contributed by atoms with E-state index >= 15 is 0 Å². The van der Waals surface area contributed by atoms with Crippen molar-refractivity contribution in [2.45, 2.75) is 39.7 Å². The number of nitrogens with one attached hydrogen (secondary N) is 1. The number of amides is 1. The van der Waals surface area contributed by atoms with E-state index in [1.165, 1.54) is 7.11 Å². The number of ether oxygens (including phenoxy) is 1. The number of carbonyl (C=O) groups excluding carboxylic acids is 1. The Morgan fingerprint density at radius 1 is 1.24 bits per heavy atom. The van der Waals surface area contributed by atoms with Crippen LogP contribution in [0.1, 0.15) is 35.7 Å². The smallest absolute Gasteiger partial charge is 0.321 e. The fourth-order valence-corrected chi connectivity index (χ4v) is 2.77. The van der Waals surface area contributed by atoms with E-state index in [4.69, 9.17) is 9.26 Å². The molecule has 0 spiro atoms. The van der Waals surface area contributed by atoms with E-state index in [0.717, 1.165) is 37.2 Å². The van der Waals surface area contributed by atoms with Crippen LogP contribution >= 0.6 is 0 Å². The molecule has 134 valence electrons. The second kappa shape index (κ2) is 7.45. The van der Waals surface area contributed by atoms with Crippen LogP contribution in [0.2, 0.25) is 0 Å². The van der Waals surface area contributed by atoms with Crippen LogP contribution in [0.3, 0.4) is 0 Å². The molecule has 2 aromatic rings. The van der Waals surface area contributed by atoms with Gasteiger partial charge in [0, 0.05) is 18.7 Å². The number of aryl methyl sites for hydroxylation is 2. The van der Waals surface area contributed by atoms with Gasteiger partial charge < -0.3 is 19.5 Å². The third kappa shape index (κ3) is 4.04. The number of aromatic nitrogens is 4. The van der Waals surface area contributed by atoms with Gasteiger partial charge in [-0.3, -0.25) is 4.79 Å². The minimum atomic E-state index is -0.142. The van der Waals surface area contributed by atoms with E-state index in [1.54, 1.807) is 6.92 Å². The molecule has 3 rings (SSSR count). The van der Waals surface area contributed by atoms with E-state index in [1.807, 2.05) is 6.92 Å². The summed E-state index contributed by atoms with van der Waals surface area (Å²) < 4.78 is 10.2. The summed E-state index contributed by atoms with van der Waals surface area (Å²) in [5, 5.41) is 6.68. The lowest BCUT2D eigenvalue weighted by molar-refractivity contribution is -0.120. The van der Waals surface area contributed by atoms with Crippen LogP contribution in [0.25, 0.3) is 0 Å². The SMILES string of the molecule is COc1nc(CNC(=O)Cc2c(C)noc2C)nc(N2CCCC2)n1. The topological polar surface area (TPSA) is 106 Å². The zero-order chi connectivity index (χ0) is 17.8. The van der Waals surface area contributed by atoms with E-state index in [0.29, 0.717) is 17.5 Å². The Kier molecular flexibility index (Phi) is 5.11. The standard InChI is InChI=1S/C16H22N6O3/c1-10-12(11(2)25-21-10)8-14(23)17-9-13-18-15(20-16(19-13)24-3)22-6-4-5-7-22/h4-9H2,1-3H3,(H,17,23). The number of hydrogen-bond acceptors (Lipinski definition) is 8. The summed E-state index contributed by atoms with van der Waals surface area (Å²) in [7, 11) is 1.52. The highest BCUT2D eigenvalue weighted by Crippen LogP contribution is 2.18. The molecule has 9 heteroatoms. The van der Waals surface area contributed by atoms with Gasteiger partial charge in [0.1, 0.15) is 5.76 Å². The van der Waals surface area contributed by atoms with Gasteiger partial charge in [-0.05, 0) is 26.7 Å². The van der Waals surface area contributed by atoms with Gasteiger partial charge in [-0.2, -0.15) is 15.0 Å². The lowest BCUT2D eigenvalue weighted by atomic mass is 10.1. The molecule has 25 heavy (non-hydrogen) atoms. The molecular formula is C16H22N6O3. The van der Waals surface area contributed by atoms with Gasteiger partial charge in [0.25, 0.3) is 0 Å². The van der Waals surface area contributed by atoms with Crippen molar-refractivity contribution in [3.63, 3.8) is 0 Å². The second-order valence-electron chi connectivity index (χ2n) is 5.99. The average Bonchev–Trinajstić information content (AvgIpc) is 3.25. The van der Waals surface area contributed by atoms with Crippen molar-refractivity contribution in [1.29, 1.82) is 0 Å². The maximum absolute atomic E-state index is 12.2. The molecule has 0 radical (unpaired) electrons. The largest absolute Gasteiger partial charge is 0.467 e. The van der Waals surface area contributed by atoms with Gasteiger partial charge in [0.15, 0.2) is 5.82 Å². The van der Waals surface area contributed by atoms with Crippen LogP contribution in [0, 0.1) is 13.8 Å². The van der Waals surface area contributed by atoms with Gasteiger partial charge in [-0.25, -0.2) is 0 Å². The highest BCUT2D eigenvalue weighted by molar-refractivity contribution is 5.78. The predicted octanol–water partition coefficient (Wildman–Crippen LogP) is 0.944. The minimum Gasteiger partial charge on any atom is -0.467 e. The van der Waals surface area contributed by atoms with Crippen molar-refractivity contribution in [2.75, 3.05) is 25.1 Å². The summed E-state index contributed by atoms with van der Waals surface area (Å²) in [6.45, 7) is 5.66. The van der Waals surface area contributed by atoms with Crippen LogP contribution in [-0.4, -0.2) is 46.2 Å². The van der Waals surface area contributed by atoms with E-state index in [-0.39, 0.29) is 24.9 Å². The quantitative estimate of drug-likeness (QED) is 0.824. The summed E-state index contributed by atoms with van der Waals surface area (Å²) in [4.78, 5) is 27.2. The number of methoxy groups -OCH3 is 1. The predicted molar refractivity (Wildman–Crippen MR) is 89.4 cm³/mol. The molecule has 1 saturated heterocycles. The van der Waals surface area contributed by atoms with E-state index in [9.17, 15) is 4.79 Å². The average molecular weight is 346 g/mol. The van der Waals surface area contributed by atoms with Crippen molar-refractivity contribution in [3.05, 3.63) is 22.8 Å². The van der Waals surface area contributed by atoms with Crippen LogP contribution in [0.15, 0.2) is 4.52 Å². The molecule has 1 N–H and O–H groups in total. The summed E-state index contributed by atoms with van der Waals surface area (Å²) in [6.07, 6.45) is 2.46. The van der Waals surface area contributed by atoms with Crippen LogP contribution in [-0.2, 0) is 17.8 Å². The zero-order valence-corrected chi connectivity index (χ0v) is 14.7. The third-order valence-electron chi connectivity index (χ3n) is 4.18. The number of carbonyl (C=O) groups is 1. The minimum absolute atomic E-state index is 0.142. The Morgan fingerprint density at radius 2 is 2.00 bits per heavy atom. The monoisotopic (exact) mass is 346 g/mol. The molecule has 2 aromatic heterocycles. The summed E-state index contributed by atoms with van der Waals surface area (Å²) >= 11 is 0. The molecular weight excluding hydrogens is 324 g/mol. The van der Waals surface area contributed by atoms with Gasteiger partial charge >= 0.3 is 6.01 Å². The lowest BCUT2D eigenvalue weighted by Gasteiger charge is -2.16. The molecule has 0 aliphatic carbocycles. The van der Waals surface area contributed by atoms with Gasteiger partial charge in [0.2, 0.25) is 11.9 Å². The summed E-state index contributed by atoms with van der Waals surface area (Å²) in [5.41, 5.74) is 1.54. The Hall–Kier alpha value is -2.71. The molecule has 0 saturated carbocycles. The second-order valence-corrected chi connectivity index (χ2v) is 5.99. The number of anilines is 1. The molecule has 1 amide bonds. The van der Waals surface area contributed by atoms with E-state index in [2.05, 4.69) is 30.3 Å². The van der Waals surface area contributed by atoms with Gasteiger partial charge in [-0.1, -0.05) is 5.16 Å². The fraction of sp³-hybridized carbons (Fsp3) is 0.562. The molecule has 0 aromatic carbocycles. The van der Waals surface area contributed by atoms with Gasteiger partial charge in [0.05, 0.1) is 25.8 Å². The summed E-state index contributed by atoms with van der Waals surface area (Å²) in [5.74, 6) is 1.59. The van der Waals surface area contributed by atoms with Crippen LogP contribution in [0.4, 0.5) is 5.95 Å². The molecule has 3 heterocycles. The lowest BCUT2D eigenvalue weighted by Crippen LogP contribution is -2.27.